The van der Waals surface area contributed by atoms with Crippen LogP contribution in [0.2, 0.25) is 5.15 Å². The number of halogens is 2. The second kappa shape index (κ2) is 8.48. The van der Waals surface area contributed by atoms with Crippen molar-refractivity contribution in [2.75, 3.05) is 11.9 Å². The smallest absolute Gasteiger partial charge is 0.407 e. The maximum Gasteiger partial charge on any atom is 0.407 e. The number of hydrogen-bond donors (Lipinski definition) is 2. The molecule has 0 saturated carbocycles. The molecule has 1 heterocycles. The molecule has 2 N–H and O–H groups in total. The minimum Gasteiger partial charge on any atom is -0.445 e. The van der Waals surface area contributed by atoms with Crippen LogP contribution in [0.1, 0.15) is 19.4 Å². The molecule has 0 saturated heterocycles. The number of hydrogen-bond acceptors (Lipinski definition) is 5. The summed E-state index contributed by atoms with van der Waals surface area (Å²) in [6.45, 7) is 4.48. The molecule has 1 aromatic heterocycles. The molecule has 1 aromatic carbocycles. The predicted octanol–water partition coefficient (Wildman–Crippen LogP) is 3.85. The Balaban J connectivity index is 1.83. The zero-order valence-corrected chi connectivity index (χ0v) is 16.3. The van der Waals surface area contributed by atoms with Crippen molar-refractivity contribution in [2.24, 2.45) is 0 Å². The molecule has 1 amide bonds. The van der Waals surface area contributed by atoms with Crippen LogP contribution in [-0.2, 0) is 11.3 Å². The Morgan fingerprint density at radius 2 is 2.00 bits per heavy atom. The maximum atomic E-state index is 11.8. The predicted molar refractivity (Wildman–Crippen MR) is 102 cm³/mol. The maximum absolute atomic E-state index is 11.8. The van der Waals surface area contributed by atoms with E-state index in [1.54, 1.807) is 0 Å². The zero-order chi connectivity index (χ0) is 17.6. The van der Waals surface area contributed by atoms with Crippen LogP contribution in [-0.4, -0.2) is 28.1 Å². The highest BCUT2D eigenvalue weighted by molar-refractivity contribution is 14.1. The first-order valence-corrected chi connectivity index (χ1v) is 8.72. The summed E-state index contributed by atoms with van der Waals surface area (Å²) < 4.78 is 5.92. The van der Waals surface area contributed by atoms with Gasteiger partial charge in [-0.15, -0.1) is 0 Å². The fourth-order valence-electron chi connectivity index (χ4n) is 1.87. The van der Waals surface area contributed by atoms with E-state index in [1.807, 2.05) is 44.2 Å². The molecule has 8 heteroatoms. The standard InChI is InChI=1S/C16H18ClIN4O2/c1-16(2,22-14-12(18)13(17)20-10-21-14)9-19-15(23)24-8-11-6-4-3-5-7-11/h3-7,10H,8-9H2,1-2H3,(H,19,23)(H,20,21,22). The van der Waals surface area contributed by atoms with Crippen LogP contribution < -0.4 is 10.6 Å². The molecule has 0 aliphatic rings. The average molecular weight is 461 g/mol. The van der Waals surface area contributed by atoms with E-state index in [4.69, 9.17) is 16.3 Å². The number of carbonyl (C=O) groups excluding carboxylic acids is 1. The van der Waals surface area contributed by atoms with Crippen molar-refractivity contribution in [3.05, 3.63) is 50.9 Å². The van der Waals surface area contributed by atoms with Crippen molar-refractivity contribution in [3.8, 4) is 0 Å². The summed E-state index contributed by atoms with van der Waals surface area (Å²) in [6, 6.07) is 9.52. The summed E-state index contributed by atoms with van der Waals surface area (Å²) in [5, 5.41) is 6.38. The van der Waals surface area contributed by atoms with E-state index >= 15 is 0 Å². The van der Waals surface area contributed by atoms with Crippen LogP contribution in [0.5, 0.6) is 0 Å². The highest BCUT2D eigenvalue weighted by Gasteiger charge is 2.21. The largest absolute Gasteiger partial charge is 0.445 e. The Kier molecular flexibility index (Phi) is 6.61. The van der Waals surface area contributed by atoms with Gasteiger partial charge >= 0.3 is 6.09 Å². The van der Waals surface area contributed by atoms with E-state index in [-0.39, 0.29) is 6.61 Å². The van der Waals surface area contributed by atoms with Gasteiger partial charge in [-0.25, -0.2) is 14.8 Å². The van der Waals surface area contributed by atoms with Crippen molar-refractivity contribution in [1.29, 1.82) is 0 Å². The lowest BCUT2D eigenvalue weighted by atomic mass is 10.1. The monoisotopic (exact) mass is 460 g/mol. The van der Waals surface area contributed by atoms with Crippen LogP contribution >= 0.6 is 34.2 Å². The molecule has 0 unspecified atom stereocenters. The third-order valence-corrected chi connectivity index (χ3v) is 4.72. The number of amides is 1. The highest BCUT2D eigenvalue weighted by Crippen LogP contribution is 2.24. The molecule has 0 aliphatic heterocycles. The van der Waals surface area contributed by atoms with Gasteiger partial charge in [-0.1, -0.05) is 41.9 Å². The zero-order valence-electron chi connectivity index (χ0n) is 13.3. The molecule has 0 atom stereocenters. The van der Waals surface area contributed by atoms with E-state index < -0.39 is 11.6 Å². The van der Waals surface area contributed by atoms with Crippen molar-refractivity contribution in [1.82, 2.24) is 15.3 Å². The summed E-state index contributed by atoms with van der Waals surface area (Å²) >= 11 is 8.06. The van der Waals surface area contributed by atoms with E-state index in [2.05, 4.69) is 43.2 Å². The second-order valence-electron chi connectivity index (χ2n) is 5.75. The minimum atomic E-state index is -0.468. The lowest BCUT2D eigenvalue weighted by Gasteiger charge is -2.27. The van der Waals surface area contributed by atoms with E-state index in [0.29, 0.717) is 17.5 Å². The summed E-state index contributed by atoms with van der Waals surface area (Å²) in [4.78, 5) is 19.9. The summed E-state index contributed by atoms with van der Waals surface area (Å²) in [5.41, 5.74) is 0.499. The topological polar surface area (TPSA) is 76.1 Å². The van der Waals surface area contributed by atoms with Crippen molar-refractivity contribution >= 4 is 46.1 Å². The third-order valence-electron chi connectivity index (χ3n) is 3.09. The molecule has 2 aromatic rings. The number of rotatable bonds is 6. The van der Waals surface area contributed by atoms with Gasteiger partial charge < -0.3 is 15.4 Å². The minimum absolute atomic E-state index is 0.236. The number of nitrogens with zero attached hydrogens (tertiary/aromatic N) is 2. The van der Waals surface area contributed by atoms with Gasteiger partial charge in [-0.2, -0.15) is 0 Å². The normalized spacial score (nSPS) is 11.0. The van der Waals surface area contributed by atoms with Crippen LogP contribution in [0.4, 0.5) is 10.6 Å². The summed E-state index contributed by atoms with van der Waals surface area (Å²) in [7, 11) is 0. The van der Waals surface area contributed by atoms with Gasteiger partial charge in [0, 0.05) is 6.54 Å². The molecule has 0 bridgehead atoms. The molecule has 128 valence electrons. The Morgan fingerprint density at radius 3 is 2.71 bits per heavy atom. The Morgan fingerprint density at radius 1 is 1.29 bits per heavy atom. The molecular formula is C16H18ClIN4O2. The van der Waals surface area contributed by atoms with Gasteiger partial charge in [0.05, 0.1) is 9.11 Å². The highest BCUT2D eigenvalue weighted by atomic mass is 127. The third kappa shape index (κ3) is 5.79. The molecule has 2 rings (SSSR count). The first kappa shape index (κ1) is 18.7. The summed E-state index contributed by atoms with van der Waals surface area (Å²) in [5.74, 6) is 0.625. The number of nitrogens with one attached hydrogen (secondary N) is 2. The van der Waals surface area contributed by atoms with E-state index in [1.165, 1.54) is 6.33 Å². The number of carbonyl (C=O) groups is 1. The van der Waals surface area contributed by atoms with Gasteiger partial charge in [0.15, 0.2) is 0 Å². The first-order valence-electron chi connectivity index (χ1n) is 7.26. The molecule has 0 radical (unpaired) electrons. The number of alkyl carbamates (subject to hydrolysis) is 1. The van der Waals surface area contributed by atoms with Crippen molar-refractivity contribution in [2.45, 2.75) is 26.0 Å². The van der Waals surface area contributed by atoms with E-state index in [9.17, 15) is 4.79 Å². The van der Waals surface area contributed by atoms with Crippen LogP contribution in [0.25, 0.3) is 0 Å². The van der Waals surface area contributed by atoms with Gasteiger partial charge in [0.25, 0.3) is 0 Å². The molecule has 0 fully saturated rings. The fraction of sp³-hybridized carbons (Fsp3) is 0.312. The molecule has 6 nitrogen and oxygen atoms in total. The van der Waals surface area contributed by atoms with Crippen LogP contribution in [0, 0.1) is 3.57 Å². The quantitative estimate of drug-likeness (QED) is 0.506. The van der Waals surface area contributed by atoms with E-state index in [0.717, 1.165) is 9.13 Å². The number of aromatic nitrogens is 2. The van der Waals surface area contributed by atoms with Gasteiger partial charge in [0.2, 0.25) is 0 Å². The average Bonchev–Trinajstić information content (AvgIpc) is 2.56. The van der Waals surface area contributed by atoms with Crippen molar-refractivity contribution < 1.29 is 9.53 Å². The fourth-order valence-corrected chi connectivity index (χ4v) is 2.41. The lowest BCUT2D eigenvalue weighted by molar-refractivity contribution is 0.138. The van der Waals surface area contributed by atoms with Crippen LogP contribution in [0.15, 0.2) is 36.7 Å². The Labute approximate surface area is 159 Å². The summed E-state index contributed by atoms with van der Waals surface area (Å²) in [6.07, 6.45) is 0.925. The molecular weight excluding hydrogens is 443 g/mol. The SMILES string of the molecule is CC(C)(CNC(=O)OCc1ccccc1)Nc1ncnc(Cl)c1I. The molecule has 0 aliphatic carbocycles. The number of ether oxygens (including phenoxy) is 1. The lowest BCUT2D eigenvalue weighted by Crippen LogP contribution is -2.44. The Bertz CT molecular complexity index is 698. The Hall–Kier alpha value is -1.61. The van der Waals surface area contributed by atoms with Crippen molar-refractivity contribution in [3.63, 3.8) is 0 Å². The van der Waals surface area contributed by atoms with Gasteiger partial charge in [-0.3, -0.25) is 0 Å². The first-order chi connectivity index (χ1) is 11.4. The molecule has 24 heavy (non-hydrogen) atoms. The number of anilines is 1. The molecule has 0 spiro atoms. The second-order valence-corrected chi connectivity index (χ2v) is 7.19. The van der Waals surface area contributed by atoms with Gasteiger partial charge in [0.1, 0.15) is 23.9 Å². The number of benzene rings is 1. The van der Waals surface area contributed by atoms with Crippen LogP contribution in [0.3, 0.4) is 0 Å². The van der Waals surface area contributed by atoms with Gasteiger partial charge in [-0.05, 0) is 42.0 Å².